The molecule has 1 aromatic heterocycles. The van der Waals surface area contributed by atoms with Crippen molar-refractivity contribution in [3.05, 3.63) is 77.3 Å². The van der Waals surface area contributed by atoms with Crippen LogP contribution >= 0.6 is 11.3 Å². The summed E-state index contributed by atoms with van der Waals surface area (Å²) in [4.78, 5) is 31.1. The number of likely N-dealkylation sites (N-methyl/N-ethyl adjacent to an activating group) is 1. The molecule has 0 aliphatic carbocycles. The van der Waals surface area contributed by atoms with Gasteiger partial charge in [0.05, 0.1) is 10.9 Å². The molecular weight excluding hydrogens is 422 g/mol. The van der Waals surface area contributed by atoms with E-state index in [1.165, 1.54) is 46.7 Å². The van der Waals surface area contributed by atoms with Crippen molar-refractivity contribution in [2.24, 2.45) is 0 Å². The molecule has 9 heteroatoms. The topological polar surface area (TPSA) is 96.4 Å². The summed E-state index contributed by atoms with van der Waals surface area (Å²) < 4.78 is 27.3. The number of hydrogen-bond donors (Lipinski definition) is 1. The third-order valence-corrected chi connectivity index (χ3v) is 6.74. The SMILES string of the molecule is CCN(C(=O)c1ccc(S(=O)(=O)Nc2nccs2)cc1)C(C)C(=O)c1ccccc1. The minimum atomic E-state index is -3.80. The molecule has 1 unspecified atom stereocenters. The fraction of sp³-hybridized carbons (Fsp3) is 0.190. The number of carbonyl (C=O) groups excluding carboxylic acids is 2. The summed E-state index contributed by atoms with van der Waals surface area (Å²) in [5.74, 6) is -0.497. The third-order valence-electron chi connectivity index (χ3n) is 4.57. The van der Waals surface area contributed by atoms with E-state index < -0.39 is 16.1 Å². The highest BCUT2D eigenvalue weighted by Crippen LogP contribution is 2.19. The zero-order valence-electron chi connectivity index (χ0n) is 16.5. The Morgan fingerprint density at radius 3 is 2.30 bits per heavy atom. The molecule has 0 radical (unpaired) electrons. The van der Waals surface area contributed by atoms with Crippen LogP contribution in [0.4, 0.5) is 5.13 Å². The molecular formula is C21H21N3O4S2. The number of amides is 1. The number of Topliss-reactive ketones (excluding diaryl/α,β-unsaturated/α-hetero) is 1. The van der Waals surface area contributed by atoms with Gasteiger partial charge >= 0.3 is 0 Å². The second-order valence-corrected chi connectivity index (χ2v) is 9.04. The smallest absolute Gasteiger partial charge is 0.263 e. The predicted molar refractivity (Wildman–Crippen MR) is 116 cm³/mol. The monoisotopic (exact) mass is 443 g/mol. The molecule has 0 spiro atoms. The van der Waals surface area contributed by atoms with Gasteiger partial charge in [-0.05, 0) is 38.1 Å². The van der Waals surface area contributed by atoms with Crippen LogP contribution < -0.4 is 4.72 Å². The summed E-state index contributed by atoms with van der Waals surface area (Å²) in [5, 5.41) is 1.93. The summed E-state index contributed by atoms with van der Waals surface area (Å²) in [6.07, 6.45) is 1.50. The number of benzene rings is 2. The van der Waals surface area contributed by atoms with Crippen LogP contribution in [0, 0.1) is 0 Å². The van der Waals surface area contributed by atoms with Crippen molar-refractivity contribution in [1.82, 2.24) is 9.88 Å². The van der Waals surface area contributed by atoms with Gasteiger partial charge in [-0.25, -0.2) is 13.4 Å². The number of nitrogens with zero attached hydrogens (tertiary/aromatic N) is 2. The molecule has 1 atom stereocenters. The number of aromatic nitrogens is 1. The largest absolute Gasteiger partial charge is 0.329 e. The van der Waals surface area contributed by atoms with Gasteiger partial charge in [-0.1, -0.05) is 30.3 Å². The van der Waals surface area contributed by atoms with E-state index in [4.69, 9.17) is 0 Å². The number of sulfonamides is 1. The second-order valence-electron chi connectivity index (χ2n) is 6.46. The van der Waals surface area contributed by atoms with Crippen LogP contribution in [-0.2, 0) is 10.0 Å². The molecule has 2 aromatic carbocycles. The summed E-state index contributed by atoms with van der Waals surface area (Å²) in [6.45, 7) is 3.82. The van der Waals surface area contributed by atoms with Crippen LogP contribution in [0.2, 0.25) is 0 Å². The first kappa shape index (κ1) is 21.7. The van der Waals surface area contributed by atoms with E-state index in [2.05, 4.69) is 9.71 Å². The molecule has 3 aromatic rings. The van der Waals surface area contributed by atoms with E-state index in [-0.39, 0.29) is 21.7 Å². The summed E-state index contributed by atoms with van der Waals surface area (Å²) in [7, 11) is -3.80. The van der Waals surface area contributed by atoms with Gasteiger partial charge in [-0.15, -0.1) is 11.3 Å². The van der Waals surface area contributed by atoms with Crippen molar-refractivity contribution in [1.29, 1.82) is 0 Å². The molecule has 0 aliphatic heterocycles. The van der Waals surface area contributed by atoms with Crippen LogP contribution in [0.25, 0.3) is 0 Å². The predicted octanol–water partition coefficient (Wildman–Crippen LogP) is 3.68. The van der Waals surface area contributed by atoms with E-state index in [0.717, 1.165) is 0 Å². The number of anilines is 1. The molecule has 0 fully saturated rings. The van der Waals surface area contributed by atoms with Gasteiger partial charge in [0.25, 0.3) is 15.9 Å². The fourth-order valence-corrected chi connectivity index (χ4v) is 4.76. The lowest BCUT2D eigenvalue weighted by atomic mass is 10.0. The molecule has 30 heavy (non-hydrogen) atoms. The first-order chi connectivity index (χ1) is 14.3. The molecule has 0 bridgehead atoms. The average Bonchev–Trinajstić information content (AvgIpc) is 3.26. The van der Waals surface area contributed by atoms with Crippen LogP contribution in [0.5, 0.6) is 0 Å². The standard InChI is InChI=1S/C21H21N3O4S2/c1-3-24(15(2)19(25)16-7-5-4-6-8-16)20(26)17-9-11-18(12-10-17)30(27,28)23-21-22-13-14-29-21/h4-15H,3H2,1-2H3,(H,22,23). The first-order valence-corrected chi connectivity index (χ1v) is 11.6. The zero-order chi connectivity index (χ0) is 21.7. The quantitative estimate of drug-likeness (QED) is 0.536. The third kappa shape index (κ3) is 4.74. The minimum Gasteiger partial charge on any atom is -0.329 e. The first-order valence-electron chi connectivity index (χ1n) is 9.26. The Morgan fingerprint density at radius 2 is 1.73 bits per heavy atom. The fourth-order valence-electron chi connectivity index (χ4n) is 2.97. The van der Waals surface area contributed by atoms with E-state index in [1.54, 1.807) is 43.5 Å². The second kappa shape index (κ2) is 9.19. The number of ketones is 1. The van der Waals surface area contributed by atoms with Crippen molar-refractivity contribution in [2.45, 2.75) is 24.8 Å². The van der Waals surface area contributed by atoms with Gasteiger partial charge in [-0.2, -0.15) is 0 Å². The number of thiazole rings is 1. The molecule has 0 saturated carbocycles. The maximum Gasteiger partial charge on any atom is 0.263 e. The summed E-state index contributed by atoms with van der Waals surface area (Å²) in [6, 6.07) is 13.8. The van der Waals surface area contributed by atoms with Crippen molar-refractivity contribution in [2.75, 3.05) is 11.3 Å². The van der Waals surface area contributed by atoms with Crippen LogP contribution in [0.1, 0.15) is 34.6 Å². The molecule has 3 rings (SSSR count). The Morgan fingerprint density at radius 1 is 1.07 bits per heavy atom. The Kier molecular flexibility index (Phi) is 6.63. The van der Waals surface area contributed by atoms with Gasteiger partial charge < -0.3 is 4.90 Å². The molecule has 1 amide bonds. The van der Waals surface area contributed by atoms with Crippen molar-refractivity contribution in [3.8, 4) is 0 Å². The maximum atomic E-state index is 13.0. The zero-order valence-corrected chi connectivity index (χ0v) is 18.1. The van der Waals surface area contributed by atoms with Crippen molar-refractivity contribution < 1.29 is 18.0 Å². The minimum absolute atomic E-state index is 0.0192. The van der Waals surface area contributed by atoms with Gasteiger partial charge in [0.1, 0.15) is 0 Å². The van der Waals surface area contributed by atoms with Gasteiger partial charge in [-0.3, -0.25) is 14.3 Å². The van der Waals surface area contributed by atoms with E-state index in [1.807, 2.05) is 6.07 Å². The lowest BCUT2D eigenvalue weighted by Gasteiger charge is -2.27. The van der Waals surface area contributed by atoms with Crippen molar-refractivity contribution >= 4 is 38.2 Å². The van der Waals surface area contributed by atoms with Crippen molar-refractivity contribution in [3.63, 3.8) is 0 Å². The van der Waals surface area contributed by atoms with E-state index in [9.17, 15) is 18.0 Å². The average molecular weight is 444 g/mol. The molecule has 1 heterocycles. The molecule has 0 saturated heterocycles. The molecule has 1 N–H and O–H groups in total. The Labute approximate surface area is 179 Å². The number of nitrogens with one attached hydrogen (secondary N) is 1. The summed E-state index contributed by atoms with van der Waals surface area (Å²) in [5.41, 5.74) is 0.837. The van der Waals surface area contributed by atoms with E-state index in [0.29, 0.717) is 17.7 Å². The highest BCUT2D eigenvalue weighted by Gasteiger charge is 2.26. The normalized spacial score (nSPS) is 12.2. The van der Waals surface area contributed by atoms with Crippen LogP contribution in [0.3, 0.4) is 0 Å². The van der Waals surface area contributed by atoms with Gasteiger partial charge in [0, 0.05) is 29.2 Å². The van der Waals surface area contributed by atoms with E-state index >= 15 is 0 Å². The highest BCUT2D eigenvalue weighted by molar-refractivity contribution is 7.93. The number of carbonyl (C=O) groups is 2. The van der Waals surface area contributed by atoms with Crippen LogP contribution in [0.15, 0.2) is 71.1 Å². The highest BCUT2D eigenvalue weighted by atomic mass is 32.2. The molecule has 156 valence electrons. The maximum absolute atomic E-state index is 13.0. The van der Waals surface area contributed by atoms with Crippen LogP contribution in [-0.4, -0.2) is 42.6 Å². The lowest BCUT2D eigenvalue weighted by Crippen LogP contribution is -2.43. The molecule has 0 aliphatic rings. The lowest BCUT2D eigenvalue weighted by molar-refractivity contribution is 0.0637. The number of hydrogen-bond acceptors (Lipinski definition) is 6. The Hall–Kier alpha value is -3.04. The summed E-state index contributed by atoms with van der Waals surface area (Å²) >= 11 is 1.17. The Balaban J connectivity index is 1.77. The molecule has 7 nitrogen and oxygen atoms in total. The van der Waals surface area contributed by atoms with Gasteiger partial charge in [0.2, 0.25) is 0 Å². The number of rotatable bonds is 8. The Bertz CT molecular complexity index is 1110. The van der Waals surface area contributed by atoms with Gasteiger partial charge in [0.15, 0.2) is 10.9 Å².